The van der Waals surface area contributed by atoms with Crippen molar-refractivity contribution in [3.05, 3.63) is 258 Å². The second kappa shape index (κ2) is 33.7. The number of anilines is 3. The fraction of sp³-hybridized carbons (Fsp3) is 0.310. The topological polar surface area (TPSA) is 35.5 Å². The van der Waals surface area contributed by atoms with E-state index in [9.17, 15) is 0 Å². The van der Waals surface area contributed by atoms with Gasteiger partial charge in [0.1, 0.15) is 0 Å². The fourth-order valence-electron chi connectivity index (χ4n) is 10.4. The van der Waals surface area contributed by atoms with Crippen LogP contribution in [-0.4, -0.2) is 52.3 Å². The Balaban J connectivity index is 0.000000194. The molecule has 0 amide bonds. The first kappa shape index (κ1) is 71.2. The molecule has 5 heteroatoms. The highest BCUT2D eigenvalue weighted by Crippen LogP contribution is 2.32. The molecule has 2 aromatic heterocycles. The zero-order chi connectivity index (χ0) is 62.9. The summed E-state index contributed by atoms with van der Waals surface area (Å²) in [5.74, 6) is 3.52. The molecule has 0 radical (unpaired) electrons. The third kappa shape index (κ3) is 19.7. The van der Waals surface area contributed by atoms with Crippen molar-refractivity contribution in [3.63, 3.8) is 0 Å². The molecule has 5 nitrogen and oxygen atoms in total. The first-order valence-electron chi connectivity index (χ1n) is 31.4. The monoisotopic (exact) mass is 1180 g/mol. The van der Waals surface area contributed by atoms with Gasteiger partial charge in [-0.2, -0.15) is 0 Å². The van der Waals surface area contributed by atoms with E-state index in [0.29, 0.717) is 35.5 Å². The van der Waals surface area contributed by atoms with Crippen LogP contribution in [0.4, 0.5) is 17.1 Å². The minimum atomic E-state index is 0. The highest BCUT2D eigenvalue weighted by atomic mass is 15.1. The van der Waals surface area contributed by atoms with Gasteiger partial charge >= 0.3 is 0 Å². The van der Waals surface area contributed by atoms with E-state index in [4.69, 9.17) is 0 Å². The molecule has 0 spiro atoms. The third-order valence-electron chi connectivity index (χ3n) is 16.1. The van der Waals surface area contributed by atoms with Crippen molar-refractivity contribution >= 4 is 81.8 Å². The maximum Gasteiger partial charge on any atom is 0.0702 e. The van der Waals surface area contributed by atoms with E-state index in [-0.39, 0.29) is 14.9 Å². The molecule has 0 bridgehead atoms. The SMILES string of the molecule is C.C.CC(C)c1cc(N(C)C)c2ccccc2c1.CC(C)c1ccc2c(N(C)C)cccc2c1.CC(C)c1ccc2cc(N(C)C)ccc2c1.CC(C)c1ccc2ccccc2c1.CC(C)c1ccc2cnccc2c1.CC(C)c1cnc2ccccc2c1. The molecule has 0 unspecified atom stereocenters. The minimum absolute atomic E-state index is 0. The third-order valence-corrected chi connectivity index (χ3v) is 16.1. The van der Waals surface area contributed by atoms with Gasteiger partial charge in [0.05, 0.1) is 5.52 Å². The molecule has 12 rings (SSSR count). The Morgan fingerprint density at radius 1 is 0.270 bits per heavy atom. The van der Waals surface area contributed by atoms with E-state index in [1.807, 2.05) is 36.8 Å². The average molecular weight is 1180 g/mol. The second-order valence-electron chi connectivity index (χ2n) is 25.5. The Hall–Kier alpha value is -8.54. The van der Waals surface area contributed by atoms with Gasteiger partial charge in [0.15, 0.2) is 0 Å². The van der Waals surface area contributed by atoms with Gasteiger partial charge in [-0.25, -0.2) is 0 Å². The second-order valence-corrected chi connectivity index (χ2v) is 25.5. The molecule has 0 atom stereocenters. The Kier molecular flexibility index (Phi) is 27.0. The molecule has 2 heterocycles. The smallest absolute Gasteiger partial charge is 0.0702 e. The van der Waals surface area contributed by atoms with Gasteiger partial charge in [-0.15, -0.1) is 0 Å². The highest BCUT2D eigenvalue weighted by Gasteiger charge is 2.10. The fourth-order valence-corrected chi connectivity index (χ4v) is 10.4. The molecule has 466 valence electrons. The number of hydrogen-bond donors (Lipinski definition) is 0. The van der Waals surface area contributed by atoms with Gasteiger partial charge in [0.25, 0.3) is 0 Å². The van der Waals surface area contributed by atoms with Crippen molar-refractivity contribution in [1.29, 1.82) is 0 Å². The first-order valence-corrected chi connectivity index (χ1v) is 31.4. The summed E-state index contributed by atoms with van der Waals surface area (Å²) >= 11 is 0. The number of fused-ring (bicyclic) bond motifs is 6. The lowest BCUT2D eigenvalue weighted by molar-refractivity contribution is 0.862. The van der Waals surface area contributed by atoms with Crippen LogP contribution in [0.5, 0.6) is 0 Å². The minimum Gasteiger partial charge on any atom is -0.378 e. The Bertz CT molecular complexity index is 3870. The summed E-state index contributed by atoms with van der Waals surface area (Å²) in [7, 11) is 12.5. The summed E-state index contributed by atoms with van der Waals surface area (Å²) in [6.45, 7) is 26.7. The van der Waals surface area contributed by atoms with Crippen LogP contribution in [0.15, 0.2) is 225 Å². The Morgan fingerprint density at radius 2 is 0.663 bits per heavy atom. The van der Waals surface area contributed by atoms with E-state index in [1.165, 1.54) is 110 Å². The van der Waals surface area contributed by atoms with Crippen molar-refractivity contribution in [3.8, 4) is 0 Å². The summed E-state index contributed by atoms with van der Waals surface area (Å²) in [5, 5.41) is 14.4. The van der Waals surface area contributed by atoms with Crippen molar-refractivity contribution in [2.45, 2.75) is 133 Å². The number of aromatic nitrogens is 2. The summed E-state index contributed by atoms with van der Waals surface area (Å²) in [6, 6.07) is 74.0. The molecule has 0 aliphatic rings. The Morgan fingerprint density at radius 3 is 1.21 bits per heavy atom. The van der Waals surface area contributed by atoms with Crippen LogP contribution in [0.3, 0.4) is 0 Å². The number of nitrogens with zero attached hydrogens (tertiary/aromatic N) is 5. The summed E-state index contributed by atoms with van der Waals surface area (Å²) in [6.07, 6.45) is 5.71. The highest BCUT2D eigenvalue weighted by molar-refractivity contribution is 5.96. The number of pyridine rings is 2. The van der Waals surface area contributed by atoms with Crippen LogP contribution in [0.25, 0.3) is 64.8 Å². The van der Waals surface area contributed by atoms with E-state index in [2.05, 4.69) is 338 Å². The molecule has 0 saturated carbocycles. The number of benzene rings is 10. The van der Waals surface area contributed by atoms with Crippen LogP contribution in [0.1, 0.15) is 167 Å². The van der Waals surface area contributed by atoms with Crippen molar-refractivity contribution in [2.75, 3.05) is 57.0 Å². The van der Waals surface area contributed by atoms with E-state index < -0.39 is 0 Å². The number of para-hydroxylation sites is 1. The number of hydrogen-bond acceptors (Lipinski definition) is 5. The zero-order valence-electron chi connectivity index (χ0n) is 55.6. The lowest BCUT2D eigenvalue weighted by Gasteiger charge is -2.18. The molecule has 0 saturated heterocycles. The van der Waals surface area contributed by atoms with Gasteiger partial charge in [-0.05, 0) is 149 Å². The lowest BCUT2D eigenvalue weighted by Crippen LogP contribution is -2.09. The maximum atomic E-state index is 4.40. The predicted molar refractivity (Wildman–Crippen MR) is 400 cm³/mol. The molecule has 0 N–H and O–H groups in total. The Labute approximate surface area is 537 Å². The van der Waals surface area contributed by atoms with Gasteiger partial charge in [0.2, 0.25) is 0 Å². The van der Waals surface area contributed by atoms with Crippen LogP contribution < -0.4 is 14.7 Å². The molecular formula is C84H105N5. The average Bonchev–Trinajstić information content (AvgIpc) is 3.20. The van der Waals surface area contributed by atoms with Crippen LogP contribution in [0.2, 0.25) is 0 Å². The molecule has 10 aromatic carbocycles. The predicted octanol–water partition coefficient (Wildman–Crippen LogP) is 24.0. The van der Waals surface area contributed by atoms with Crippen LogP contribution in [-0.2, 0) is 0 Å². The maximum absolute atomic E-state index is 4.40. The van der Waals surface area contributed by atoms with Gasteiger partial charge < -0.3 is 14.7 Å². The van der Waals surface area contributed by atoms with Gasteiger partial charge in [0, 0.05) is 99.5 Å². The van der Waals surface area contributed by atoms with Gasteiger partial charge in [-0.1, -0.05) is 262 Å². The van der Waals surface area contributed by atoms with E-state index in [0.717, 1.165) is 5.52 Å². The van der Waals surface area contributed by atoms with Gasteiger partial charge in [-0.3, -0.25) is 9.97 Å². The van der Waals surface area contributed by atoms with Crippen molar-refractivity contribution in [2.24, 2.45) is 0 Å². The number of rotatable bonds is 9. The van der Waals surface area contributed by atoms with Crippen molar-refractivity contribution in [1.82, 2.24) is 9.97 Å². The largest absolute Gasteiger partial charge is 0.378 e. The summed E-state index contributed by atoms with van der Waals surface area (Å²) in [4.78, 5) is 15.0. The molecule has 89 heavy (non-hydrogen) atoms. The molecule has 0 aliphatic heterocycles. The molecule has 0 aliphatic carbocycles. The van der Waals surface area contributed by atoms with E-state index in [1.54, 1.807) is 0 Å². The van der Waals surface area contributed by atoms with Crippen molar-refractivity contribution < 1.29 is 0 Å². The molecular weight excluding hydrogens is 1080 g/mol. The van der Waals surface area contributed by atoms with Crippen LogP contribution in [0, 0.1) is 0 Å². The standard InChI is InChI=1S/3C15H19N.C13H14.2C12H13N.2CH4/c1-11(2)12-5-6-14-10-15(16(3)4)8-7-13(14)9-12;1-11(2)12-8-9-14-13(10-12)6-5-7-15(14)16(3)4;1-11(2)13-9-12-7-5-6-8-14(12)15(10-13)16(3)4;1-10(2)12-8-7-11-5-3-4-6-13(11)9-12;1-9(2)10-3-4-12-8-13-6-5-11(12)7-10;1-9(2)11-7-10-5-3-4-6-12(10)13-8-11;;/h3*5-11H,1-4H3;3-10H,1-2H3;2*3-9H,1-2H3;2*1H4. The normalized spacial score (nSPS) is 10.8. The quantitative estimate of drug-likeness (QED) is 0.144. The van der Waals surface area contributed by atoms with E-state index >= 15 is 0 Å². The summed E-state index contributed by atoms with van der Waals surface area (Å²) in [5.41, 5.74) is 13.2. The zero-order valence-corrected chi connectivity index (χ0v) is 55.6. The molecule has 0 fully saturated rings. The lowest BCUT2D eigenvalue weighted by atomic mass is 9.97. The van der Waals surface area contributed by atoms with Crippen LogP contribution >= 0.6 is 0 Å². The summed E-state index contributed by atoms with van der Waals surface area (Å²) < 4.78 is 0. The molecule has 12 aromatic rings. The first-order chi connectivity index (χ1) is 41.6.